The molecule has 0 radical (unpaired) electrons. The molecule has 4 heterocycles. The van der Waals surface area contributed by atoms with Gasteiger partial charge in [-0.1, -0.05) is 17.7 Å². The lowest BCUT2D eigenvalue weighted by Gasteiger charge is -2.44. The molecule has 3 aromatic rings. The Morgan fingerprint density at radius 2 is 2.19 bits per heavy atom. The first-order valence-corrected chi connectivity index (χ1v) is 10.5. The molecule has 164 valence electrons. The summed E-state index contributed by atoms with van der Waals surface area (Å²) in [6.45, 7) is 0.434. The number of pyridine rings is 1. The predicted octanol–water partition coefficient (Wildman–Crippen LogP) is 3.88. The number of ether oxygens (including phenoxy) is 1. The number of likely N-dealkylation sites (tertiary alicyclic amines) is 1. The summed E-state index contributed by atoms with van der Waals surface area (Å²) in [4.78, 5) is 38.3. The molecular formula is C22H19ClFN5O3. The summed E-state index contributed by atoms with van der Waals surface area (Å²) in [5, 5.41) is 2.44. The number of hydrogen-bond donors (Lipinski definition) is 2. The molecule has 2 aliphatic rings. The zero-order valence-electron chi connectivity index (χ0n) is 16.9. The van der Waals surface area contributed by atoms with Crippen molar-refractivity contribution in [3.63, 3.8) is 0 Å². The molecule has 1 saturated heterocycles. The SMILES string of the molecule is O=C1Nc2ccc(Cl)c(F)c2[C@@]2(CCCN(C(=O)c3ncc(Cc4cccnc4)[nH]3)C2)O1. The summed E-state index contributed by atoms with van der Waals surface area (Å²) in [6, 6.07) is 6.70. The van der Waals surface area contributed by atoms with E-state index in [0.717, 1.165) is 11.3 Å². The molecule has 8 nitrogen and oxygen atoms in total. The van der Waals surface area contributed by atoms with Gasteiger partial charge in [-0.2, -0.15) is 0 Å². The van der Waals surface area contributed by atoms with Gasteiger partial charge in [0.1, 0.15) is 0 Å². The highest BCUT2D eigenvalue weighted by Crippen LogP contribution is 2.45. The maximum atomic E-state index is 15.0. The van der Waals surface area contributed by atoms with Crippen molar-refractivity contribution in [1.82, 2.24) is 19.9 Å². The summed E-state index contributed by atoms with van der Waals surface area (Å²) >= 11 is 6.01. The third-order valence-corrected chi connectivity index (χ3v) is 6.06. The third kappa shape index (κ3) is 3.58. The van der Waals surface area contributed by atoms with Crippen molar-refractivity contribution in [3.05, 3.63) is 76.3 Å². The molecule has 2 aliphatic heterocycles. The maximum absolute atomic E-state index is 15.0. The number of imidazole rings is 1. The Hall–Kier alpha value is -3.46. The number of carbonyl (C=O) groups is 2. The fourth-order valence-corrected chi connectivity index (χ4v) is 4.53. The molecule has 5 rings (SSSR count). The number of H-pyrrole nitrogens is 1. The van der Waals surface area contributed by atoms with Gasteiger partial charge in [-0.15, -0.1) is 0 Å². The van der Waals surface area contributed by atoms with Gasteiger partial charge in [0.25, 0.3) is 5.91 Å². The second-order valence-corrected chi connectivity index (χ2v) is 8.33. The van der Waals surface area contributed by atoms with Crippen LogP contribution in [-0.2, 0) is 16.8 Å². The monoisotopic (exact) mass is 455 g/mol. The standard InChI is InChI=1S/C22H19ClFN5O3/c23-15-4-5-16-17(18(15)24)22(32-21(31)28-16)6-2-8-29(12-22)20(30)19-26-11-14(27-19)9-13-3-1-7-25-10-13/h1,3-5,7,10-11H,2,6,8-9,12H2,(H,26,27)(H,28,31)/t22-/m0/s1. The van der Waals surface area contributed by atoms with Crippen LogP contribution >= 0.6 is 11.6 Å². The number of piperidine rings is 1. The highest BCUT2D eigenvalue weighted by molar-refractivity contribution is 6.31. The number of carbonyl (C=O) groups excluding carboxylic acids is 2. The Balaban J connectivity index is 1.41. The van der Waals surface area contributed by atoms with E-state index in [4.69, 9.17) is 16.3 Å². The molecule has 1 fully saturated rings. The van der Waals surface area contributed by atoms with Gasteiger partial charge in [0.05, 0.1) is 22.8 Å². The lowest BCUT2D eigenvalue weighted by molar-refractivity contribution is -0.0420. The van der Waals surface area contributed by atoms with Crippen LogP contribution in [0.2, 0.25) is 5.02 Å². The molecule has 2 N–H and O–H groups in total. The molecule has 0 bridgehead atoms. The van der Waals surface area contributed by atoms with Crippen LogP contribution in [0.15, 0.2) is 42.9 Å². The first kappa shape index (κ1) is 20.4. The van der Waals surface area contributed by atoms with Gasteiger partial charge in [0, 0.05) is 37.3 Å². The fraction of sp³-hybridized carbons (Fsp3) is 0.273. The minimum Gasteiger partial charge on any atom is -0.436 e. The Morgan fingerprint density at radius 3 is 3.00 bits per heavy atom. The molecule has 2 amide bonds. The number of hydrogen-bond acceptors (Lipinski definition) is 5. The molecule has 2 aromatic heterocycles. The molecular weight excluding hydrogens is 437 g/mol. The molecule has 0 saturated carbocycles. The van der Waals surface area contributed by atoms with Gasteiger partial charge in [-0.3, -0.25) is 15.1 Å². The van der Waals surface area contributed by atoms with Crippen molar-refractivity contribution < 1.29 is 18.7 Å². The number of fused-ring (bicyclic) bond motifs is 2. The average Bonchev–Trinajstić information content (AvgIpc) is 3.24. The fourth-order valence-electron chi connectivity index (χ4n) is 4.38. The van der Waals surface area contributed by atoms with E-state index < -0.39 is 17.5 Å². The van der Waals surface area contributed by atoms with Gasteiger partial charge >= 0.3 is 6.09 Å². The largest absolute Gasteiger partial charge is 0.436 e. The lowest BCUT2D eigenvalue weighted by Crippen LogP contribution is -2.53. The van der Waals surface area contributed by atoms with Crippen molar-refractivity contribution in [2.45, 2.75) is 24.9 Å². The second kappa shape index (κ2) is 7.90. The topological polar surface area (TPSA) is 100 Å². The molecule has 10 heteroatoms. The number of aromatic amines is 1. The normalized spacial score (nSPS) is 19.9. The number of benzene rings is 1. The van der Waals surface area contributed by atoms with E-state index in [2.05, 4.69) is 20.3 Å². The molecule has 32 heavy (non-hydrogen) atoms. The summed E-state index contributed by atoms with van der Waals surface area (Å²) in [7, 11) is 0. The van der Waals surface area contributed by atoms with Gasteiger partial charge in [0.2, 0.25) is 0 Å². The summed E-state index contributed by atoms with van der Waals surface area (Å²) in [6.07, 6.45) is 5.81. The van der Waals surface area contributed by atoms with Crippen molar-refractivity contribution in [3.8, 4) is 0 Å². The van der Waals surface area contributed by atoms with E-state index in [0.29, 0.717) is 31.5 Å². The van der Waals surface area contributed by atoms with Crippen molar-refractivity contribution in [1.29, 1.82) is 0 Å². The average molecular weight is 456 g/mol. The molecule has 1 spiro atoms. The summed E-state index contributed by atoms with van der Waals surface area (Å²) < 4.78 is 20.6. The van der Waals surface area contributed by atoms with Gasteiger partial charge in [-0.05, 0) is 36.6 Å². The third-order valence-electron chi connectivity index (χ3n) is 5.77. The molecule has 1 aromatic carbocycles. The predicted molar refractivity (Wildman–Crippen MR) is 114 cm³/mol. The number of anilines is 1. The van der Waals surface area contributed by atoms with Gasteiger partial charge in [0.15, 0.2) is 17.2 Å². The minimum atomic E-state index is -1.31. The van der Waals surface area contributed by atoms with E-state index in [1.165, 1.54) is 11.0 Å². The van der Waals surface area contributed by atoms with Gasteiger partial charge < -0.3 is 14.6 Å². The highest BCUT2D eigenvalue weighted by atomic mass is 35.5. The first-order chi connectivity index (χ1) is 15.4. The van der Waals surface area contributed by atoms with Crippen LogP contribution in [0.25, 0.3) is 0 Å². The minimum absolute atomic E-state index is 0.00214. The van der Waals surface area contributed by atoms with E-state index in [-0.39, 0.29) is 28.9 Å². The van der Waals surface area contributed by atoms with Crippen LogP contribution in [-0.4, -0.2) is 44.9 Å². The zero-order chi connectivity index (χ0) is 22.3. The highest BCUT2D eigenvalue weighted by Gasteiger charge is 2.48. The van der Waals surface area contributed by atoms with Crippen LogP contribution in [0.4, 0.5) is 14.9 Å². The smallest absolute Gasteiger partial charge is 0.412 e. The number of amides is 2. The molecule has 0 unspecified atom stereocenters. The van der Waals surface area contributed by atoms with E-state index in [1.807, 2.05) is 12.1 Å². The van der Waals surface area contributed by atoms with Crippen LogP contribution in [0.5, 0.6) is 0 Å². The Labute approximate surface area is 187 Å². The van der Waals surface area contributed by atoms with Crippen molar-refractivity contribution in [2.24, 2.45) is 0 Å². The Bertz CT molecular complexity index is 1200. The number of halogens is 2. The lowest BCUT2D eigenvalue weighted by atomic mass is 9.83. The Kier molecular flexibility index (Phi) is 5.05. The van der Waals surface area contributed by atoms with Crippen molar-refractivity contribution >= 4 is 29.3 Å². The second-order valence-electron chi connectivity index (χ2n) is 7.92. The quantitative estimate of drug-likeness (QED) is 0.624. The number of nitrogens with zero attached hydrogens (tertiary/aromatic N) is 3. The number of aromatic nitrogens is 3. The van der Waals surface area contributed by atoms with Gasteiger partial charge in [-0.25, -0.2) is 14.2 Å². The molecule has 0 aliphatic carbocycles. The van der Waals surface area contributed by atoms with Crippen LogP contribution in [0.1, 0.15) is 40.3 Å². The summed E-state index contributed by atoms with van der Waals surface area (Å²) in [5.41, 5.74) is 0.904. The maximum Gasteiger partial charge on any atom is 0.412 e. The van der Waals surface area contributed by atoms with Crippen LogP contribution in [0, 0.1) is 5.82 Å². The summed E-state index contributed by atoms with van der Waals surface area (Å²) in [5.74, 6) is -0.830. The van der Waals surface area contributed by atoms with Crippen molar-refractivity contribution in [2.75, 3.05) is 18.4 Å². The van der Waals surface area contributed by atoms with E-state index in [9.17, 15) is 9.59 Å². The Morgan fingerprint density at radius 1 is 1.31 bits per heavy atom. The zero-order valence-corrected chi connectivity index (χ0v) is 17.7. The van der Waals surface area contributed by atoms with E-state index in [1.54, 1.807) is 24.7 Å². The number of nitrogens with one attached hydrogen (secondary N) is 2. The van der Waals surface area contributed by atoms with E-state index >= 15 is 4.39 Å². The van der Waals surface area contributed by atoms with Crippen LogP contribution in [0.3, 0.4) is 0 Å². The first-order valence-electron chi connectivity index (χ1n) is 10.2. The molecule has 1 atom stereocenters. The van der Waals surface area contributed by atoms with Crippen LogP contribution < -0.4 is 5.32 Å². The number of rotatable bonds is 3.